The Morgan fingerprint density at radius 1 is 1.42 bits per heavy atom. The average molecular weight is 275 g/mol. The van der Waals surface area contributed by atoms with Gasteiger partial charge in [-0.2, -0.15) is 13.2 Å². The summed E-state index contributed by atoms with van der Waals surface area (Å²) in [5.74, 6) is -0.498. The van der Waals surface area contributed by atoms with E-state index in [1.807, 2.05) is 4.98 Å². The van der Waals surface area contributed by atoms with E-state index in [9.17, 15) is 22.8 Å². The first-order valence-corrected chi connectivity index (χ1v) is 5.72. The summed E-state index contributed by atoms with van der Waals surface area (Å²) in [6.07, 6.45) is -2.58. The lowest BCUT2D eigenvalue weighted by atomic mass is 10.2. The first-order chi connectivity index (χ1) is 8.88. The Bertz CT molecular complexity index is 533. The van der Waals surface area contributed by atoms with Gasteiger partial charge in [-0.3, -0.25) is 9.59 Å². The summed E-state index contributed by atoms with van der Waals surface area (Å²) in [6, 6.07) is 0.167. The van der Waals surface area contributed by atoms with Crippen LogP contribution in [0.25, 0.3) is 0 Å². The van der Waals surface area contributed by atoms with Crippen LogP contribution < -0.4 is 16.2 Å². The normalized spacial score (nSPS) is 19.4. The zero-order valence-electron chi connectivity index (χ0n) is 9.80. The molecule has 1 fully saturated rings. The summed E-state index contributed by atoms with van der Waals surface area (Å²) in [5, 5.41) is 5.11. The Labute approximate surface area is 106 Å². The van der Waals surface area contributed by atoms with E-state index in [4.69, 9.17) is 0 Å². The Kier molecular flexibility index (Phi) is 3.61. The predicted octanol–water partition coefficient (Wildman–Crippen LogP) is 1.08. The van der Waals surface area contributed by atoms with Gasteiger partial charge in [-0.05, 0) is 25.5 Å². The zero-order valence-corrected chi connectivity index (χ0v) is 9.80. The second kappa shape index (κ2) is 5.04. The molecule has 104 valence electrons. The number of H-pyrrole nitrogens is 1. The van der Waals surface area contributed by atoms with Gasteiger partial charge in [0.15, 0.2) is 0 Å². The van der Waals surface area contributed by atoms with Crippen molar-refractivity contribution in [2.24, 2.45) is 0 Å². The second-order valence-electron chi connectivity index (χ2n) is 4.27. The quantitative estimate of drug-likeness (QED) is 0.756. The van der Waals surface area contributed by atoms with Crippen molar-refractivity contribution in [1.82, 2.24) is 10.3 Å². The first kappa shape index (κ1) is 13.6. The van der Waals surface area contributed by atoms with E-state index < -0.39 is 34.9 Å². The maximum Gasteiger partial charge on any atom is 0.417 e. The van der Waals surface area contributed by atoms with Gasteiger partial charge in [0.1, 0.15) is 5.69 Å². The number of aromatic nitrogens is 1. The van der Waals surface area contributed by atoms with E-state index in [1.165, 1.54) is 0 Å². The highest BCUT2D eigenvalue weighted by molar-refractivity contribution is 5.94. The Morgan fingerprint density at radius 3 is 2.74 bits per heavy atom. The molecular formula is C11H12F3N3O2. The van der Waals surface area contributed by atoms with Crippen LogP contribution in [-0.4, -0.2) is 23.5 Å². The molecule has 1 aromatic heterocycles. The molecule has 8 heteroatoms. The van der Waals surface area contributed by atoms with E-state index in [0.29, 0.717) is 25.2 Å². The van der Waals surface area contributed by atoms with Crippen LogP contribution in [0.3, 0.4) is 0 Å². The molecule has 1 unspecified atom stereocenters. The lowest BCUT2D eigenvalue weighted by Crippen LogP contribution is -2.37. The molecule has 5 nitrogen and oxygen atoms in total. The minimum Gasteiger partial charge on any atom is -0.327 e. The number of hydrogen-bond donors (Lipinski definition) is 3. The number of alkyl halides is 3. The fourth-order valence-corrected chi connectivity index (χ4v) is 1.87. The van der Waals surface area contributed by atoms with E-state index >= 15 is 0 Å². The van der Waals surface area contributed by atoms with Crippen LogP contribution in [-0.2, 0) is 11.0 Å². The van der Waals surface area contributed by atoms with Gasteiger partial charge in [0, 0.05) is 6.20 Å². The monoisotopic (exact) mass is 275 g/mol. The molecule has 3 N–H and O–H groups in total. The predicted molar refractivity (Wildman–Crippen MR) is 61.7 cm³/mol. The summed E-state index contributed by atoms with van der Waals surface area (Å²) in [7, 11) is 0. The molecule has 1 aliphatic rings. The molecule has 2 rings (SSSR count). The van der Waals surface area contributed by atoms with Gasteiger partial charge in [0.25, 0.3) is 5.56 Å². The maximum absolute atomic E-state index is 12.5. The standard InChI is InChI=1S/C11H12F3N3O2/c12-11(13,14)6-4-8(9(18)16-5-6)17-10(19)7-2-1-3-15-7/h4-5,7,15H,1-3H2,(H,16,18)(H,17,19). The first-order valence-electron chi connectivity index (χ1n) is 5.72. The molecule has 0 saturated carbocycles. The average Bonchev–Trinajstić information content (AvgIpc) is 2.84. The highest BCUT2D eigenvalue weighted by atomic mass is 19.4. The minimum absolute atomic E-state index is 0.395. The number of aromatic amines is 1. The summed E-state index contributed by atoms with van der Waals surface area (Å²) >= 11 is 0. The van der Waals surface area contributed by atoms with Crippen LogP contribution in [0.15, 0.2) is 17.1 Å². The van der Waals surface area contributed by atoms with Crippen molar-refractivity contribution < 1.29 is 18.0 Å². The van der Waals surface area contributed by atoms with Crippen LogP contribution >= 0.6 is 0 Å². The largest absolute Gasteiger partial charge is 0.417 e. The van der Waals surface area contributed by atoms with Crippen LogP contribution in [0.1, 0.15) is 18.4 Å². The Hall–Kier alpha value is -1.83. The molecule has 1 aliphatic heterocycles. The number of carbonyl (C=O) groups excluding carboxylic acids is 1. The highest BCUT2D eigenvalue weighted by Gasteiger charge is 2.32. The number of hydrogen-bond acceptors (Lipinski definition) is 3. The molecule has 0 aromatic carbocycles. The van der Waals surface area contributed by atoms with Crippen molar-refractivity contribution in [1.29, 1.82) is 0 Å². The van der Waals surface area contributed by atoms with Gasteiger partial charge in [0.05, 0.1) is 11.6 Å². The number of pyridine rings is 1. The highest BCUT2D eigenvalue weighted by Crippen LogP contribution is 2.29. The lowest BCUT2D eigenvalue weighted by Gasteiger charge is -2.12. The molecule has 1 aromatic rings. The third kappa shape index (κ3) is 3.14. The number of anilines is 1. The zero-order chi connectivity index (χ0) is 14.0. The summed E-state index contributed by atoms with van der Waals surface area (Å²) in [5.41, 5.74) is -2.17. The number of amides is 1. The minimum atomic E-state index is -4.57. The molecule has 2 heterocycles. The van der Waals surface area contributed by atoms with Crippen LogP contribution in [0, 0.1) is 0 Å². The van der Waals surface area contributed by atoms with Crippen molar-refractivity contribution in [3.8, 4) is 0 Å². The number of halogens is 3. The van der Waals surface area contributed by atoms with Crippen LogP contribution in [0.4, 0.5) is 18.9 Å². The van der Waals surface area contributed by atoms with E-state index in [0.717, 1.165) is 6.42 Å². The van der Waals surface area contributed by atoms with Crippen molar-refractivity contribution >= 4 is 11.6 Å². The van der Waals surface area contributed by atoms with Gasteiger partial charge >= 0.3 is 6.18 Å². The van der Waals surface area contributed by atoms with Crippen molar-refractivity contribution in [3.05, 3.63) is 28.2 Å². The summed E-state index contributed by atoms with van der Waals surface area (Å²) in [4.78, 5) is 25.1. The lowest BCUT2D eigenvalue weighted by molar-refractivity contribution is -0.137. The van der Waals surface area contributed by atoms with Crippen molar-refractivity contribution in [2.75, 3.05) is 11.9 Å². The molecule has 19 heavy (non-hydrogen) atoms. The fraction of sp³-hybridized carbons (Fsp3) is 0.455. The van der Waals surface area contributed by atoms with Gasteiger partial charge in [-0.15, -0.1) is 0 Å². The third-order valence-electron chi connectivity index (χ3n) is 2.87. The molecule has 1 amide bonds. The molecule has 0 radical (unpaired) electrons. The van der Waals surface area contributed by atoms with Gasteiger partial charge in [-0.1, -0.05) is 0 Å². The maximum atomic E-state index is 12.5. The SMILES string of the molecule is O=C(Nc1cc(C(F)(F)F)c[nH]c1=O)C1CCCN1. The van der Waals surface area contributed by atoms with Crippen LogP contribution in [0.5, 0.6) is 0 Å². The van der Waals surface area contributed by atoms with Gasteiger partial charge in [-0.25, -0.2) is 0 Å². The van der Waals surface area contributed by atoms with Crippen molar-refractivity contribution in [3.63, 3.8) is 0 Å². The molecule has 0 bridgehead atoms. The third-order valence-corrected chi connectivity index (χ3v) is 2.87. The van der Waals surface area contributed by atoms with Gasteiger partial charge < -0.3 is 15.6 Å². The summed E-state index contributed by atoms with van der Waals surface area (Å²) in [6.45, 7) is 0.678. The molecule has 1 saturated heterocycles. The van der Waals surface area contributed by atoms with Crippen LogP contribution in [0.2, 0.25) is 0 Å². The number of carbonyl (C=O) groups is 1. The topological polar surface area (TPSA) is 74.0 Å². The smallest absolute Gasteiger partial charge is 0.327 e. The van der Waals surface area contributed by atoms with Gasteiger partial charge in [0.2, 0.25) is 5.91 Å². The van der Waals surface area contributed by atoms with E-state index in [1.54, 1.807) is 0 Å². The number of nitrogens with one attached hydrogen (secondary N) is 3. The molecule has 0 aliphatic carbocycles. The molecule has 1 atom stereocenters. The Balaban J connectivity index is 2.19. The number of rotatable bonds is 2. The summed E-state index contributed by atoms with van der Waals surface area (Å²) < 4.78 is 37.5. The molecule has 0 spiro atoms. The Morgan fingerprint density at radius 2 is 2.16 bits per heavy atom. The molecular weight excluding hydrogens is 263 g/mol. The fourth-order valence-electron chi connectivity index (χ4n) is 1.87. The van der Waals surface area contributed by atoms with Crippen molar-refractivity contribution in [2.45, 2.75) is 25.1 Å². The second-order valence-corrected chi connectivity index (χ2v) is 4.27. The van der Waals surface area contributed by atoms with E-state index in [-0.39, 0.29) is 0 Å². The van der Waals surface area contributed by atoms with E-state index in [2.05, 4.69) is 10.6 Å².